The van der Waals surface area contributed by atoms with Gasteiger partial charge >= 0.3 is 5.63 Å². The molecule has 0 bridgehead atoms. The standard InChI is InChI=1S/C13H12O4/c1-7(2)13-16-10-8-5-3-4-6-9(8)15-12(14)11(10)17-13/h3-7,13H,1-2H3. The van der Waals surface area contributed by atoms with E-state index in [1.54, 1.807) is 6.07 Å². The Balaban J connectivity index is 2.24. The molecule has 88 valence electrons. The van der Waals surface area contributed by atoms with Gasteiger partial charge < -0.3 is 13.9 Å². The van der Waals surface area contributed by atoms with Gasteiger partial charge in [-0.05, 0) is 12.1 Å². The predicted molar refractivity (Wildman–Crippen MR) is 62.4 cm³/mol. The van der Waals surface area contributed by atoms with Crippen LogP contribution in [-0.4, -0.2) is 6.29 Å². The molecule has 4 heteroatoms. The minimum atomic E-state index is -0.484. The smallest absolute Gasteiger partial charge is 0.383 e. The van der Waals surface area contributed by atoms with Crippen LogP contribution in [-0.2, 0) is 0 Å². The summed E-state index contributed by atoms with van der Waals surface area (Å²) in [6.07, 6.45) is -0.418. The van der Waals surface area contributed by atoms with Crippen molar-refractivity contribution in [2.45, 2.75) is 20.1 Å². The maximum absolute atomic E-state index is 11.7. The van der Waals surface area contributed by atoms with Crippen molar-refractivity contribution in [2.24, 2.45) is 5.92 Å². The minimum absolute atomic E-state index is 0.167. The van der Waals surface area contributed by atoms with Gasteiger partial charge in [0.05, 0.1) is 5.39 Å². The van der Waals surface area contributed by atoms with E-state index in [-0.39, 0.29) is 11.7 Å². The van der Waals surface area contributed by atoms with Crippen LogP contribution in [0.2, 0.25) is 0 Å². The highest BCUT2D eigenvalue weighted by Crippen LogP contribution is 2.39. The molecule has 0 aliphatic carbocycles. The number of hydrogen-bond acceptors (Lipinski definition) is 4. The Bertz CT molecular complexity index is 627. The van der Waals surface area contributed by atoms with E-state index in [9.17, 15) is 4.79 Å². The fourth-order valence-electron chi connectivity index (χ4n) is 1.85. The van der Waals surface area contributed by atoms with Crippen molar-refractivity contribution in [1.29, 1.82) is 0 Å². The van der Waals surface area contributed by atoms with E-state index in [2.05, 4.69) is 0 Å². The van der Waals surface area contributed by atoms with Crippen LogP contribution in [0.4, 0.5) is 0 Å². The second-order valence-electron chi connectivity index (χ2n) is 4.39. The van der Waals surface area contributed by atoms with Gasteiger partial charge in [-0.3, -0.25) is 0 Å². The molecule has 17 heavy (non-hydrogen) atoms. The number of ether oxygens (including phenoxy) is 2. The van der Waals surface area contributed by atoms with Crippen molar-refractivity contribution in [3.63, 3.8) is 0 Å². The van der Waals surface area contributed by atoms with Crippen molar-refractivity contribution in [2.75, 3.05) is 0 Å². The normalized spacial score (nSPS) is 17.9. The molecule has 1 unspecified atom stereocenters. The van der Waals surface area contributed by atoms with Crippen LogP contribution in [0.25, 0.3) is 11.0 Å². The molecule has 0 saturated carbocycles. The van der Waals surface area contributed by atoms with Gasteiger partial charge in [-0.15, -0.1) is 0 Å². The zero-order valence-electron chi connectivity index (χ0n) is 9.60. The molecule has 1 aromatic heterocycles. The summed E-state index contributed by atoms with van der Waals surface area (Å²) < 4.78 is 16.3. The first-order chi connectivity index (χ1) is 8.16. The van der Waals surface area contributed by atoms with Crippen molar-refractivity contribution in [3.05, 3.63) is 34.7 Å². The molecule has 1 atom stereocenters. The van der Waals surface area contributed by atoms with Crippen molar-refractivity contribution in [1.82, 2.24) is 0 Å². The molecule has 3 rings (SSSR count). The van der Waals surface area contributed by atoms with Crippen LogP contribution in [0.3, 0.4) is 0 Å². The molecule has 0 saturated heterocycles. The summed E-state index contributed by atoms with van der Waals surface area (Å²) in [5.41, 5.74) is 0.0334. The van der Waals surface area contributed by atoms with E-state index < -0.39 is 11.9 Å². The number of benzene rings is 1. The summed E-state index contributed by atoms with van der Waals surface area (Å²) in [5.74, 6) is 0.846. The SMILES string of the molecule is CC(C)C1Oc2c(c3ccccc3oc2=O)O1. The lowest BCUT2D eigenvalue weighted by Gasteiger charge is -2.12. The third-order valence-electron chi connectivity index (χ3n) is 2.74. The summed E-state index contributed by atoms with van der Waals surface area (Å²) in [4.78, 5) is 11.7. The Morgan fingerprint density at radius 1 is 1.12 bits per heavy atom. The average Bonchev–Trinajstić information content (AvgIpc) is 2.75. The Hall–Kier alpha value is -1.97. The van der Waals surface area contributed by atoms with E-state index in [0.717, 1.165) is 5.39 Å². The first-order valence-electron chi connectivity index (χ1n) is 5.56. The van der Waals surface area contributed by atoms with E-state index in [1.165, 1.54) is 0 Å². The average molecular weight is 232 g/mol. The molecular formula is C13H12O4. The Labute approximate surface area is 97.8 Å². The molecule has 4 nitrogen and oxygen atoms in total. The first-order valence-corrected chi connectivity index (χ1v) is 5.56. The minimum Gasteiger partial charge on any atom is -0.450 e. The van der Waals surface area contributed by atoms with E-state index >= 15 is 0 Å². The summed E-state index contributed by atoms with van der Waals surface area (Å²) >= 11 is 0. The molecule has 0 N–H and O–H groups in total. The summed E-state index contributed by atoms with van der Waals surface area (Å²) in [6, 6.07) is 7.27. The lowest BCUT2D eigenvalue weighted by molar-refractivity contribution is 0.00861. The van der Waals surface area contributed by atoms with E-state index in [1.807, 2.05) is 32.0 Å². The fraction of sp³-hybridized carbons (Fsp3) is 0.308. The lowest BCUT2D eigenvalue weighted by Crippen LogP contribution is -2.25. The van der Waals surface area contributed by atoms with Crippen molar-refractivity contribution in [3.8, 4) is 11.5 Å². The second-order valence-corrected chi connectivity index (χ2v) is 4.39. The van der Waals surface area contributed by atoms with Crippen LogP contribution >= 0.6 is 0 Å². The zero-order valence-corrected chi connectivity index (χ0v) is 9.60. The van der Waals surface area contributed by atoms with E-state index in [0.29, 0.717) is 11.3 Å². The highest BCUT2D eigenvalue weighted by Gasteiger charge is 2.32. The topological polar surface area (TPSA) is 48.7 Å². The highest BCUT2D eigenvalue weighted by molar-refractivity contribution is 5.85. The van der Waals surface area contributed by atoms with Crippen LogP contribution < -0.4 is 15.1 Å². The third kappa shape index (κ3) is 1.48. The molecular weight excluding hydrogens is 220 g/mol. The van der Waals surface area contributed by atoms with Gasteiger partial charge in [0.2, 0.25) is 6.29 Å². The number of para-hydroxylation sites is 1. The zero-order chi connectivity index (χ0) is 12.0. The monoisotopic (exact) mass is 232 g/mol. The number of fused-ring (bicyclic) bond motifs is 3. The maximum Gasteiger partial charge on any atom is 0.383 e. The van der Waals surface area contributed by atoms with E-state index in [4.69, 9.17) is 13.9 Å². The Morgan fingerprint density at radius 3 is 2.59 bits per heavy atom. The van der Waals surface area contributed by atoms with Crippen LogP contribution in [0.1, 0.15) is 13.8 Å². The summed E-state index contributed by atoms with van der Waals surface area (Å²) in [7, 11) is 0. The molecule has 0 spiro atoms. The molecule has 1 aliphatic heterocycles. The quantitative estimate of drug-likeness (QED) is 0.709. The molecule has 0 fully saturated rings. The van der Waals surface area contributed by atoms with Gasteiger partial charge in [-0.25, -0.2) is 4.79 Å². The van der Waals surface area contributed by atoms with Crippen LogP contribution in [0, 0.1) is 5.92 Å². The maximum atomic E-state index is 11.7. The Morgan fingerprint density at radius 2 is 1.82 bits per heavy atom. The van der Waals surface area contributed by atoms with Gasteiger partial charge in [0, 0.05) is 5.92 Å². The third-order valence-corrected chi connectivity index (χ3v) is 2.74. The fourth-order valence-corrected chi connectivity index (χ4v) is 1.85. The summed E-state index contributed by atoms with van der Waals surface area (Å²) in [5, 5.41) is 0.769. The summed E-state index contributed by atoms with van der Waals surface area (Å²) in [6.45, 7) is 3.95. The van der Waals surface area contributed by atoms with Gasteiger partial charge in [-0.2, -0.15) is 0 Å². The second kappa shape index (κ2) is 3.52. The van der Waals surface area contributed by atoms with Crippen molar-refractivity contribution >= 4 is 11.0 Å². The molecule has 1 aliphatic rings. The van der Waals surface area contributed by atoms with Crippen LogP contribution in [0.15, 0.2) is 33.5 Å². The van der Waals surface area contributed by atoms with Gasteiger partial charge in [-0.1, -0.05) is 26.0 Å². The van der Waals surface area contributed by atoms with Crippen molar-refractivity contribution < 1.29 is 13.9 Å². The largest absolute Gasteiger partial charge is 0.450 e. The molecule has 1 aromatic carbocycles. The van der Waals surface area contributed by atoms with Gasteiger partial charge in [0.15, 0.2) is 5.75 Å². The highest BCUT2D eigenvalue weighted by atomic mass is 16.7. The lowest BCUT2D eigenvalue weighted by atomic mass is 10.2. The molecule has 0 amide bonds. The van der Waals surface area contributed by atoms with Gasteiger partial charge in [0.1, 0.15) is 5.58 Å². The Kier molecular flexibility index (Phi) is 2.11. The molecule has 2 aromatic rings. The molecule has 2 heterocycles. The first kappa shape index (κ1) is 10.2. The number of hydrogen-bond donors (Lipinski definition) is 0. The predicted octanol–water partition coefficient (Wildman–Crippen LogP) is 2.55. The number of rotatable bonds is 1. The molecule has 0 radical (unpaired) electrons. The van der Waals surface area contributed by atoms with Crippen LogP contribution in [0.5, 0.6) is 11.5 Å². The van der Waals surface area contributed by atoms with Gasteiger partial charge in [0.25, 0.3) is 5.75 Å².